The maximum absolute atomic E-state index is 13.2. The maximum atomic E-state index is 13.2. The molecule has 2 fully saturated rings. The number of nitrogens with two attached hydrogens (primary N) is 1. The van der Waals surface area contributed by atoms with Gasteiger partial charge in [0, 0.05) is 36.5 Å². The molecule has 1 aromatic carbocycles. The number of nitrogen functional groups attached to an aromatic ring is 1. The number of likely N-dealkylation sites (tertiary alicyclic amines) is 2. The number of hydrogen-bond donors (Lipinski definition) is 1. The molecular formula is C19H24N4O2S2. The van der Waals surface area contributed by atoms with Gasteiger partial charge in [-0.25, -0.2) is 4.98 Å². The van der Waals surface area contributed by atoms with Gasteiger partial charge in [0.25, 0.3) is 5.91 Å². The van der Waals surface area contributed by atoms with E-state index in [-0.39, 0.29) is 5.91 Å². The molecule has 0 aliphatic carbocycles. The Hall–Kier alpha value is -1.77. The van der Waals surface area contributed by atoms with E-state index in [0.717, 1.165) is 47.3 Å². The zero-order valence-electron chi connectivity index (χ0n) is 15.8. The Morgan fingerprint density at radius 1 is 1.37 bits per heavy atom. The van der Waals surface area contributed by atoms with Crippen LogP contribution in [0.5, 0.6) is 5.75 Å². The smallest absolute Gasteiger partial charge is 0.257 e. The molecule has 1 amide bonds. The highest BCUT2D eigenvalue weighted by Gasteiger charge is 2.47. The van der Waals surface area contributed by atoms with Gasteiger partial charge in [-0.3, -0.25) is 4.79 Å². The highest BCUT2D eigenvalue weighted by Crippen LogP contribution is 2.41. The van der Waals surface area contributed by atoms with Crippen LogP contribution >= 0.6 is 23.1 Å². The van der Waals surface area contributed by atoms with Gasteiger partial charge in [-0.1, -0.05) is 23.1 Å². The van der Waals surface area contributed by atoms with Gasteiger partial charge in [0.2, 0.25) is 0 Å². The first-order valence-electron chi connectivity index (χ1n) is 8.95. The van der Waals surface area contributed by atoms with Crippen molar-refractivity contribution in [3.05, 3.63) is 29.5 Å². The Labute approximate surface area is 167 Å². The first-order valence-corrected chi connectivity index (χ1v) is 10.6. The second kappa shape index (κ2) is 7.00. The molecule has 0 bridgehead atoms. The summed E-state index contributed by atoms with van der Waals surface area (Å²) in [6.45, 7) is 5.84. The van der Waals surface area contributed by atoms with Crippen molar-refractivity contribution in [2.24, 2.45) is 5.41 Å². The van der Waals surface area contributed by atoms with Crippen LogP contribution in [-0.4, -0.2) is 61.0 Å². The number of carbonyl (C=O) groups is 1. The molecule has 0 unspecified atom stereocenters. The predicted octanol–water partition coefficient (Wildman–Crippen LogP) is 2.97. The van der Waals surface area contributed by atoms with Crippen LogP contribution < -0.4 is 10.5 Å². The van der Waals surface area contributed by atoms with Gasteiger partial charge in [-0.2, -0.15) is 0 Å². The number of aromatic nitrogens is 1. The fourth-order valence-electron chi connectivity index (χ4n) is 4.17. The second-order valence-corrected chi connectivity index (χ2v) is 9.99. The lowest BCUT2D eigenvalue weighted by Gasteiger charge is -2.46. The zero-order valence-corrected chi connectivity index (χ0v) is 17.5. The molecule has 3 heterocycles. The van der Waals surface area contributed by atoms with Crippen LogP contribution in [0.2, 0.25) is 0 Å². The van der Waals surface area contributed by atoms with E-state index in [2.05, 4.69) is 16.9 Å². The predicted molar refractivity (Wildman–Crippen MR) is 109 cm³/mol. The van der Waals surface area contributed by atoms with Gasteiger partial charge in [0.1, 0.15) is 5.75 Å². The lowest BCUT2D eigenvalue weighted by Crippen LogP contribution is -2.55. The number of thiazole rings is 1. The zero-order chi connectivity index (χ0) is 19.2. The Morgan fingerprint density at radius 2 is 2.15 bits per heavy atom. The summed E-state index contributed by atoms with van der Waals surface area (Å²) in [4.78, 5) is 22.7. The first-order chi connectivity index (χ1) is 12.9. The fraction of sp³-hybridized carbons (Fsp3) is 0.474. The number of nitrogens with zero attached hydrogens (tertiary/aromatic N) is 3. The number of benzene rings is 1. The van der Waals surface area contributed by atoms with E-state index in [1.54, 1.807) is 25.1 Å². The minimum atomic E-state index is 0.0592. The standard InChI is InChI=1S/C19H24N4O2S2/c1-12-6-14(25-3)13(7-15(12)26-16-8-21-18(20)27-16)17(24)23-5-4-19(11-23)9-22(2)10-19/h6-8H,4-5,9-11H2,1-3H3,(H2,20,21). The summed E-state index contributed by atoms with van der Waals surface area (Å²) in [5.41, 5.74) is 7.73. The van der Waals surface area contributed by atoms with Crippen LogP contribution in [0, 0.1) is 12.3 Å². The van der Waals surface area contributed by atoms with Gasteiger partial charge < -0.3 is 20.3 Å². The third kappa shape index (κ3) is 3.53. The first kappa shape index (κ1) is 18.6. The Morgan fingerprint density at radius 3 is 2.78 bits per heavy atom. The van der Waals surface area contributed by atoms with Crippen molar-refractivity contribution in [3.8, 4) is 5.75 Å². The van der Waals surface area contributed by atoms with Crippen LogP contribution in [0.4, 0.5) is 5.13 Å². The number of methoxy groups -OCH3 is 1. The number of hydrogen-bond acceptors (Lipinski definition) is 7. The van der Waals surface area contributed by atoms with Crippen LogP contribution in [0.1, 0.15) is 22.3 Å². The summed E-state index contributed by atoms with van der Waals surface area (Å²) >= 11 is 3.04. The SMILES string of the molecule is COc1cc(C)c(Sc2cnc(N)s2)cc1C(=O)N1CCC2(CN(C)C2)C1. The third-order valence-electron chi connectivity index (χ3n) is 5.38. The average Bonchev–Trinajstić information content (AvgIpc) is 3.22. The second-order valence-electron chi connectivity index (χ2n) is 7.59. The third-order valence-corrected chi connectivity index (χ3v) is 7.46. The highest BCUT2D eigenvalue weighted by molar-refractivity contribution is 8.01. The molecule has 2 aliphatic rings. The quantitative estimate of drug-likeness (QED) is 0.845. The minimum absolute atomic E-state index is 0.0592. The van der Waals surface area contributed by atoms with Gasteiger partial charge in [-0.15, -0.1) is 0 Å². The van der Waals surface area contributed by atoms with Crippen LogP contribution in [0.25, 0.3) is 0 Å². The van der Waals surface area contributed by atoms with Gasteiger partial charge in [0.15, 0.2) is 5.13 Å². The summed E-state index contributed by atoms with van der Waals surface area (Å²) < 4.78 is 6.54. The summed E-state index contributed by atoms with van der Waals surface area (Å²) in [6, 6.07) is 3.90. The summed E-state index contributed by atoms with van der Waals surface area (Å²) in [7, 11) is 3.75. The molecule has 2 aromatic rings. The van der Waals surface area contributed by atoms with E-state index >= 15 is 0 Å². The number of ether oxygens (including phenoxy) is 1. The Bertz CT molecular complexity index is 877. The summed E-state index contributed by atoms with van der Waals surface area (Å²) in [5, 5.41) is 0.549. The highest BCUT2D eigenvalue weighted by atomic mass is 32.2. The molecule has 144 valence electrons. The molecule has 1 spiro atoms. The van der Waals surface area contributed by atoms with Crippen LogP contribution in [0.3, 0.4) is 0 Å². The monoisotopic (exact) mass is 404 g/mol. The summed E-state index contributed by atoms with van der Waals surface area (Å²) in [5.74, 6) is 0.696. The lowest BCUT2D eigenvalue weighted by molar-refractivity contribution is 0.0293. The van der Waals surface area contributed by atoms with Crippen molar-refractivity contribution in [1.82, 2.24) is 14.8 Å². The van der Waals surface area contributed by atoms with Crippen molar-refractivity contribution in [3.63, 3.8) is 0 Å². The Balaban J connectivity index is 1.59. The van der Waals surface area contributed by atoms with Crippen LogP contribution in [0.15, 0.2) is 27.4 Å². The van der Waals surface area contributed by atoms with Gasteiger partial charge in [0.05, 0.1) is 23.1 Å². The number of carbonyl (C=O) groups excluding carboxylic acids is 1. The molecule has 2 N–H and O–H groups in total. The Kier molecular flexibility index (Phi) is 4.82. The maximum Gasteiger partial charge on any atom is 0.257 e. The van der Waals surface area contributed by atoms with E-state index in [0.29, 0.717) is 21.9 Å². The fourth-order valence-corrected chi connectivity index (χ4v) is 6.00. The molecule has 1 aromatic heterocycles. The number of anilines is 1. The van der Waals surface area contributed by atoms with E-state index in [4.69, 9.17) is 10.5 Å². The van der Waals surface area contributed by atoms with E-state index < -0.39 is 0 Å². The van der Waals surface area contributed by atoms with E-state index in [9.17, 15) is 4.79 Å². The minimum Gasteiger partial charge on any atom is -0.496 e. The van der Waals surface area contributed by atoms with Crippen molar-refractivity contribution < 1.29 is 9.53 Å². The molecule has 0 radical (unpaired) electrons. The van der Waals surface area contributed by atoms with Crippen molar-refractivity contribution in [2.75, 3.05) is 46.1 Å². The van der Waals surface area contributed by atoms with Crippen molar-refractivity contribution >= 4 is 34.1 Å². The topological polar surface area (TPSA) is 71.7 Å². The molecule has 8 heteroatoms. The van der Waals surface area contributed by atoms with E-state index in [1.807, 2.05) is 24.0 Å². The molecular weight excluding hydrogens is 380 g/mol. The molecule has 27 heavy (non-hydrogen) atoms. The van der Waals surface area contributed by atoms with Crippen molar-refractivity contribution in [1.29, 1.82) is 0 Å². The molecule has 4 rings (SSSR count). The number of rotatable bonds is 4. The van der Waals surface area contributed by atoms with Crippen molar-refractivity contribution in [2.45, 2.75) is 22.4 Å². The van der Waals surface area contributed by atoms with Crippen LogP contribution in [-0.2, 0) is 0 Å². The van der Waals surface area contributed by atoms with Gasteiger partial charge >= 0.3 is 0 Å². The average molecular weight is 405 g/mol. The number of aryl methyl sites for hydroxylation is 1. The number of amides is 1. The largest absolute Gasteiger partial charge is 0.496 e. The molecule has 2 aliphatic heterocycles. The normalized spacial score (nSPS) is 18.7. The molecule has 0 atom stereocenters. The summed E-state index contributed by atoms with van der Waals surface area (Å²) in [6.07, 6.45) is 2.85. The lowest BCUT2D eigenvalue weighted by atomic mass is 9.79. The molecule has 6 nitrogen and oxygen atoms in total. The van der Waals surface area contributed by atoms with Gasteiger partial charge in [-0.05, 0) is 38.1 Å². The molecule has 2 saturated heterocycles. The molecule has 0 saturated carbocycles. The van der Waals surface area contributed by atoms with E-state index in [1.165, 1.54) is 11.3 Å².